The minimum absolute atomic E-state index is 0.0502. The number of hydrogen-bond acceptors (Lipinski definition) is 3. The summed E-state index contributed by atoms with van der Waals surface area (Å²) in [5.74, 6) is 0.0502. The lowest BCUT2D eigenvalue weighted by atomic mass is 10.1. The Bertz CT molecular complexity index is 168. The number of rotatable bonds is 10. The van der Waals surface area contributed by atoms with Gasteiger partial charge < -0.3 is 15.4 Å². The molecule has 0 aromatic rings. The van der Waals surface area contributed by atoms with Gasteiger partial charge in [0.2, 0.25) is 5.91 Å². The van der Waals surface area contributed by atoms with Crippen LogP contribution in [0.3, 0.4) is 0 Å². The highest BCUT2D eigenvalue weighted by Crippen LogP contribution is 2.03. The summed E-state index contributed by atoms with van der Waals surface area (Å²) in [6.07, 6.45) is 4.59. The topological polar surface area (TPSA) is 50.4 Å². The van der Waals surface area contributed by atoms with Crippen molar-refractivity contribution < 1.29 is 9.53 Å². The molecule has 2 N–H and O–H groups in total. The van der Waals surface area contributed by atoms with Crippen LogP contribution in [0.15, 0.2) is 0 Å². The van der Waals surface area contributed by atoms with Crippen LogP contribution in [0.25, 0.3) is 0 Å². The number of methoxy groups -OCH3 is 1. The Morgan fingerprint density at radius 3 is 2.38 bits per heavy atom. The van der Waals surface area contributed by atoms with Crippen LogP contribution in [0, 0.1) is 0 Å². The molecule has 0 aliphatic carbocycles. The summed E-state index contributed by atoms with van der Waals surface area (Å²) in [5.41, 5.74) is 0. The van der Waals surface area contributed by atoms with Gasteiger partial charge in [0.1, 0.15) is 0 Å². The van der Waals surface area contributed by atoms with Crippen LogP contribution in [-0.2, 0) is 9.53 Å². The molecular weight excluding hydrogens is 204 g/mol. The molecule has 1 amide bonds. The van der Waals surface area contributed by atoms with Gasteiger partial charge in [-0.25, -0.2) is 0 Å². The molecule has 0 radical (unpaired) electrons. The standard InChI is InChI=1S/C12H26N2O2/c1-4-6-11(7-5-2)14-10-12(15)13-8-9-16-3/h11,14H,4-10H2,1-3H3,(H,13,15). The molecule has 0 aromatic heterocycles. The van der Waals surface area contributed by atoms with Crippen molar-refractivity contribution in [3.05, 3.63) is 0 Å². The number of hydrogen-bond donors (Lipinski definition) is 2. The van der Waals surface area contributed by atoms with Crippen LogP contribution in [0.2, 0.25) is 0 Å². The zero-order valence-electron chi connectivity index (χ0n) is 10.8. The van der Waals surface area contributed by atoms with Gasteiger partial charge in [-0.05, 0) is 12.8 Å². The Labute approximate surface area is 99.1 Å². The average Bonchev–Trinajstić information content (AvgIpc) is 2.27. The predicted octanol–water partition coefficient (Wildman–Crippen LogP) is 1.31. The lowest BCUT2D eigenvalue weighted by molar-refractivity contribution is -0.120. The fraction of sp³-hybridized carbons (Fsp3) is 0.917. The van der Waals surface area contributed by atoms with Crippen LogP contribution >= 0.6 is 0 Å². The lowest BCUT2D eigenvalue weighted by Crippen LogP contribution is -2.40. The number of carbonyl (C=O) groups is 1. The Morgan fingerprint density at radius 2 is 1.88 bits per heavy atom. The van der Waals surface area contributed by atoms with E-state index in [4.69, 9.17) is 4.74 Å². The van der Waals surface area contributed by atoms with E-state index in [0.29, 0.717) is 25.7 Å². The van der Waals surface area contributed by atoms with Crippen LogP contribution in [0.4, 0.5) is 0 Å². The summed E-state index contributed by atoms with van der Waals surface area (Å²) in [7, 11) is 1.63. The van der Waals surface area contributed by atoms with E-state index < -0.39 is 0 Å². The summed E-state index contributed by atoms with van der Waals surface area (Å²) in [6.45, 7) is 5.91. The highest BCUT2D eigenvalue weighted by atomic mass is 16.5. The van der Waals surface area contributed by atoms with Crippen molar-refractivity contribution in [2.24, 2.45) is 0 Å². The normalized spacial score (nSPS) is 10.8. The molecule has 0 saturated heterocycles. The van der Waals surface area contributed by atoms with E-state index in [1.807, 2.05) is 0 Å². The maximum Gasteiger partial charge on any atom is 0.234 e. The Balaban J connectivity index is 3.60. The third-order valence-corrected chi connectivity index (χ3v) is 2.45. The highest BCUT2D eigenvalue weighted by molar-refractivity contribution is 5.77. The Morgan fingerprint density at radius 1 is 1.25 bits per heavy atom. The van der Waals surface area contributed by atoms with E-state index in [1.54, 1.807) is 7.11 Å². The quantitative estimate of drug-likeness (QED) is 0.556. The van der Waals surface area contributed by atoms with E-state index in [0.717, 1.165) is 25.7 Å². The smallest absolute Gasteiger partial charge is 0.234 e. The van der Waals surface area contributed by atoms with Crippen molar-refractivity contribution in [2.75, 3.05) is 26.8 Å². The highest BCUT2D eigenvalue weighted by Gasteiger charge is 2.07. The zero-order valence-corrected chi connectivity index (χ0v) is 10.8. The Kier molecular flexibility index (Phi) is 10.5. The largest absolute Gasteiger partial charge is 0.383 e. The molecule has 0 aliphatic rings. The fourth-order valence-corrected chi connectivity index (χ4v) is 1.64. The monoisotopic (exact) mass is 230 g/mol. The molecule has 4 heteroatoms. The third kappa shape index (κ3) is 8.68. The predicted molar refractivity (Wildman–Crippen MR) is 66.5 cm³/mol. The summed E-state index contributed by atoms with van der Waals surface area (Å²) >= 11 is 0. The van der Waals surface area contributed by atoms with Gasteiger partial charge in [0.15, 0.2) is 0 Å². The number of ether oxygens (including phenoxy) is 1. The summed E-state index contributed by atoms with van der Waals surface area (Å²) < 4.78 is 4.86. The molecule has 0 aliphatic heterocycles. The summed E-state index contributed by atoms with van der Waals surface area (Å²) in [4.78, 5) is 11.4. The molecule has 0 spiro atoms. The molecule has 0 unspecified atom stereocenters. The molecule has 0 heterocycles. The van der Waals surface area contributed by atoms with Gasteiger partial charge >= 0.3 is 0 Å². The first kappa shape index (κ1) is 15.4. The van der Waals surface area contributed by atoms with Crippen LogP contribution in [0.5, 0.6) is 0 Å². The van der Waals surface area contributed by atoms with Crippen molar-refractivity contribution in [2.45, 2.75) is 45.6 Å². The molecule has 0 aromatic carbocycles. The van der Waals surface area contributed by atoms with Crippen molar-refractivity contribution in [3.8, 4) is 0 Å². The van der Waals surface area contributed by atoms with E-state index in [-0.39, 0.29) is 5.91 Å². The van der Waals surface area contributed by atoms with Gasteiger partial charge in [-0.15, -0.1) is 0 Å². The Hall–Kier alpha value is -0.610. The molecule has 0 bridgehead atoms. The molecular formula is C12H26N2O2. The molecule has 0 saturated carbocycles. The van der Waals surface area contributed by atoms with Gasteiger partial charge in [0.25, 0.3) is 0 Å². The first-order valence-electron chi connectivity index (χ1n) is 6.23. The maximum absolute atomic E-state index is 11.4. The zero-order chi connectivity index (χ0) is 12.2. The van der Waals surface area contributed by atoms with Crippen LogP contribution in [-0.4, -0.2) is 38.8 Å². The van der Waals surface area contributed by atoms with E-state index >= 15 is 0 Å². The van der Waals surface area contributed by atoms with Gasteiger partial charge in [-0.2, -0.15) is 0 Å². The molecule has 16 heavy (non-hydrogen) atoms. The average molecular weight is 230 g/mol. The maximum atomic E-state index is 11.4. The molecule has 96 valence electrons. The van der Waals surface area contributed by atoms with Crippen molar-refractivity contribution in [1.29, 1.82) is 0 Å². The van der Waals surface area contributed by atoms with Crippen LogP contribution < -0.4 is 10.6 Å². The second-order valence-corrected chi connectivity index (χ2v) is 4.00. The van der Waals surface area contributed by atoms with Crippen molar-refractivity contribution >= 4 is 5.91 Å². The first-order chi connectivity index (χ1) is 7.74. The molecule has 0 fully saturated rings. The van der Waals surface area contributed by atoms with Crippen LogP contribution in [0.1, 0.15) is 39.5 Å². The first-order valence-corrected chi connectivity index (χ1v) is 6.23. The van der Waals surface area contributed by atoms with Gasteiger partial charge in [0, 0.05) is 19.7 Å². The molecule has 0 rings (SSSR count). The lowest BCUT2D eigenvalue weighted by Gasteiger charge is -2.16. The molecule has 0 atom stereocenters. The van der Waals surface area contributed by atoms with Gasteiger partial charge in [-0.3, -0.25) is 4.79 Å². The number of nitrogens with one attached hydrogen (secondary N) is 2. The van der Waals surface area contributed by atoms with Gasteiger partial charge in [0.05, 0.1) is 13.2 Å². The number of carbonyl (C=O) groups excluding carboxylic acids is 1. The molecule has 4 nitrogen and oxygen atoms in total. The van der Waals surface area contributed by atoms with E-state index in [9.17, 15) is 4.79 Å². The minimum atomic E-state index is 0.0502. The van der Waals surface area contributed by atoms with Crippen molar-refractivity contribution in [1.82, 2.24) is 10.6 Å². The van der Waals surface area contributed by atoms with E-state index in [2.05, 4.69) is 24.5 Å². The fourth-order valence-electron chi connectivity index (χ4n) is 1.64. The third-order valence-electron chi connectivity index (χ3n) is 2.45. The van der Waals surface area contributed by atoms with Crippen molar-refractivity contribution in [3.63, 3.8) is 0 Å². The number of amides is 1. The minimum Gasteiger partial charge on any atom is -0.383 e. The van der Waals surface area contributed by atoms with Gasteiger partial charge in [-0.1, -0.05) is 26.7 Å². The second-order valence-electron chi connectivity index (χ2n) is 4.00. The second kappa shape index (κ2) is 10.9. The summed E-state index contributed by atoms with van der Waals surface area (Å²) in [5, 5.41) is 6.09. The summed E-state index contributed by atoms with van der Waals surface area (Å²) in [6, 6.07) is 0.475. The SMILES string of the molecule is CCCC(CCC)NCC(=O)NCCOC. The van der Waals surface area contributed by atoms with E-state index in [1.165, 1.54) is 0 Å².